The van der Waals surface area contributed by atoms with Crippen LogP contribution in [0.3, 0.4) is 0 Å². The number of benzene rings is 8. The van der Waals surface area contributed by atoms with Gasteiger partial charge < -0.3 is 4.42 Å². The van der Waals surface area contributed by atoms with Crippen molar-refractivity contribution in [3.05, 3.63) is 170 Å². The van der Waals surface area contributed by atoms with Crippen LogP contribution in [0.15, 0.2) is 174 Å². The molecular weight excluding hydrogens is 544 g/mol. The van der Waals surface area contributed by atoms with Gasteiger partial charge in [0.2, 0.25) is 0 Å². The van der Waals surface area contributed by atoms with Gasteiger partial charge >= 0.3 is 0 Å². The van der Waals surface area contributed by atoms with E-state index < -0.39 is 84.1 Å². The molecule has 0 bridgehead atoms. The maximum atomic E-state index is 9.20. The van der Waals surface area contributed by atoms with Crippen molar-refractivity contribution in [2.24, 2.45) is 0 Å². The standard InChI is InChI=1S/C44H28O/c1-3-13-29(14-4-1)33-21-11-23-39-40-24-12-22-34(44(40)45-43(33)39)30-25-27-32(28-26-30)42-37-19-9-7-17-35(37)41(31-15-5-2-6-16-31)36-18-8-10-20-38(36)42/h1-28H/i2D,5D,6D,7D,8D,9D,10D,15D,16D,17D,18D,19D,20D. The first kappa shape index (κ1) is 15.7. The van der Waals surface area contributed by atoms with Crippen LogP contribution in [-0.4, -0.2) is 0 Å². The smallest absolute Gasteiger partial charge is 0.143 e. The minimum atomic E-state index is -0.714. The van der Waals surface area contributed by atoms with Crippen LogP contribution in [-0.2, 0) is 0 Å². The molecule has 0 spiro atoms. The van der Waals surface area contributed by atoms with E-state index in [2.05, 4.69) is 0 Å². The molecule has 0 saturated carbocycles. The third-order valence-electron chi connectivity index (χ3n) is 8.22. The van der Waals surface area contributed by atoms with Crippen LogP contribution in [0, 0.1) is 0 Å². The molecule has 0 aliphatic heterocycles. The van der Waals surface area contributed by atoms with Crippen molar-refractivity contribution in [2.45, 2.75) is 0 Å². The maximum absolute atomic E-state index is 9.20. The third kappa shape index (κ3) is 4.09. The monoisotopic (exact) mass is 585 g/mol. The topological polar surface area (TPSA) is 13.1 Å². The zero-order chi connectivity index (χ0) is 41.1. The molecule has 9 rings (SSSR count). The second-order valence-corrected chi connectivity index (χ2v) is 10.7. The maximum Gasteiger partial charge on any atom is 0.143 e. The summed E-state index contributed by atoms with van der Waals surface area (Å²) in [6, 6.07) is 20.5. The Morgan fingerprint density at radius 1 is 0.333 bits per heavy atom. The van der Waals surface area contributed by atoms with E-state index in [4.69, 9.17) is 19.5 Å². The first-order valence-corrected chi connectivity index (χ1v) is 14.4. The van der Waals surface area contributed by atoms with Crippen molar-refractivity contribution in [3.63, 3.8) is 0 Å². The summed E-state index contributed by atoms with van der Waals surface area (Å²) in [5.74, 6) is 0. The van der Waals surface area contributed by atoms with Crippen LogP contribution >= 0.6 is 0 Å². The lowest BCUT2D eigenvalue weighted by Crippen LogP contribution is -1.90. The molecule has 1 nitrogen and oxygen atoms in total. The fraction of sp³-hybridized carbons (Fsp3) is 0. The molecule has 0 aliphatic rings. The summed E-state index contributed by atoms with van der Waals surface area (Å²) in [5.41, 5.74) is 4.49. The molecule has 210 valence electrons. The summed E-state index contributed by atoms with van der Waals surface area (Å²) in [5, 5.41) is 1.08. The normalized spacial score (nSPS) is 15.6. The highest BCUT2D eigenvalue weighted by Gasteiger charge is 2.18. The van der Waals surface area contributed by atoms with E-state index in [1.807, 2.05) is 66.7 Å². The summed E-state index contributed by atoms with van der Waals surface area (Å²) in [6.45, 7) is 0. The van der Waals surface area contributed by atoms with Crippen molar-refractivity contribution in [3.8, 4) is 44.5 Å². The van der Waals surface area contributed by atoms with Gasteiger partial charge in [-0.1, -0.05) is 170 Å². The van der Waals surface area contributed by atoms with Gasteiger partial charge in [0.25, 0.3) is 0 Å². The van der Waals surface area contributed by atoms with Crippen LogP contribution in [0.5, 0.6) is 0 Å². The van der Waals surface area contributed by atoms with Crippen molar-refractivity contribution >= 4 is 43.5 Å². The Labute approximate surface area is 279 Å². The van der Waals surface area contributed by atoms with Gasteiger partial charge in [-0.2, -0.15) is 0 Å². The Balaban J connectivity index is 1.37. The minimum Gasteiger partial charge on any atom is -0.455 e. The van der Waals surface area contributed by atoms with E-state index in [0.29, 0.717) is 11.1 Å². The predicted molar refractivity (Wildman–Crippen MR) is 190 cm³/mol. The largest absolute Gasteiger partial charge is 0.455 e. The highest BCUT2D eigenvalue weighted by Crippen LogP contribution is 2.44. The number of hydrogen-bond donors (Lipinski definition) is 0. The van der Waals surface area contributed by atoms with Crippen LogP contribution in [0.2, 0.25) is 0 Å². The lowest BCUT2D eigenvalue weighted by atomic mass is 9.85. The summed E-state index contributed by atoms with van der Waals surface area (Å²) < 4.78 is 121. The van der Waals surface area contributed by atoms with Crippen LogP contribution in [0.25, 0.3) is 88.0 Å². The van der Waals surface area contributed by atoms with E-state index in [1.54, 1.807) is 24.3 Å². The molecule has 45 heavy (non-hydrogen) atoms. The van der Waals surface area contributed by atoms with Crippen molar-refractivity contribution in [2.75, 3.05) is 0 Å². The lowest BCUT2D eigenvalue weighted by molar-refractivity contribution is 0.671. The van der Waals surface area contributed by atoms with Gasteiger partial charge in [-0.25, -0.2) is 0 Å². The fourth-order valence-corrected chi connectivity index (χ4v) is 6.25. The van der Waals surface area contributed by atoms with Gasteiger partial charge in [0.1, 0.15) is 11.2 Å². The van der Waals surface area contributed by atoms with Gasteiger partial charge in [-0.15, -0.1) is 0 Å². The van der Waals surface area contributed by atoms with Gasteiger partial charge in [-0.3, -0.25) is 0 Å². The van der Waals surface area contributed by atoms with Crippen LogP contribution in [0.4, 0.5) is 0 Å². The van der Waals surface area contributed by atoms with E-state index in [9.17, 15) is 2.74 Å². The van der Waals surface area contributed by atoms with E-state index in [-0.39, 0.29) is 32.7 Å². The quantitative estimate of drug-likeness (QED) is 0.187. The molecule has 0 amide bonds. The summed E-state index contributed by atoms with van der Waals surface area (Å²) in [4.78, 5) is 0. The zero-order valence-electron chi connectivity index (χ0n) is 36.6. The highest BCUT2D eigenvalue weighted by molar-refractivity contribution is 6.21. The van der Waals surface area contributed by atoms with E-state index in [1.165, 1.54) is 0 Å². The van der Waals surface area contributed by atoms with Crippen molar-refractivity contribution in [1.29, 1.82) is 0 Å². The van der Waals surface area contributed by atoms with Gasteiger partial charge in [0.15, 0.2) is 0 Å². The molecule has 1 heterocycles. The third-order valence-corrected chi connectivity index (χ3v) is 8.22. The number of para-hydroxylation sites is 2. The summed E-state index contributed by atoms with van der Waals surface area (Å²) in [7, 11) is 0. The molecule has 9 aromatic rings. The Morgan fingerprint density at radius 2 is 0.778 bits per heavy atom. The average molecular weight is 586 g/mol. The number of rotatable bonds is 4. The predicted octanol–water partition coefficient (Wildman–Crippen LogP) is 12.6. The fourth-order valence-electron chi connectivity index (χ4n) is 6.25. The number of furan rings is 1. The second kappa shape index (κ2) is 10.4. The summed E-state index contributed by atoms with van der Waals surface area (Å²) >= 11 is 0. The molecule has 1 aromatic heterocycles. The molecule has 0 radical (unpaired) electrons. The molecule has 0 aliphatic carbocycles. The molecule has 0 N–H and O–H groups in total. The van der Waals surface area contributed by atoms with Crippen LogP contribution in [0.1, 0.15) is 17.8 Å². The second-order valence-electron chi connectivity index (χ2n) is 10.7. The van der Waals surface area contributed by atoms with Gasteiger partial charge in [-0.05, 0) is 54.9 Å². The number of fused-ring (bicyclic) bond motifs is 5. The minimum absolute atomic E-state index is 0.0705. The molecule has 0 saturated heterocycles. The average Bonchev–Trinajstić information content (AvgIpc) is 3.64. The highest BCUT2D eigenvalue weighted by atomic mass is 16.3. The Kier molecular flexibility index (Phi) is 3.62. The first-order chi connectivity index (χ1) is 27.7. The Bertz CT molecular complexity index is 3140. The van der Waals surface area contributed by atoms with Gasteiger partial charge in [0.05, 0.1) is 17.8 Å². The molecule has 0 unspecified atom stereocenters. The van der Waals surface area contributed by atoms with E-state index >= 15 is 0 Å². The molecule has 1 heteroatoms. The van der Waals surface area contributed by atoms with Gasteiger partial charge in [0, 0.05) is 21.9 Å². The molecular formula is C44H28O. The van der Waals surface area contributed by atoms with Crippen LogP contribution < -0.4 is 0 Å². The van der Waals surface area contributed by atoms with Crippen molar-refractivity contribution < 1.29 is 22.2 Å². The zero-order valence-corrected chi connectivity index (χ0v) is 23.6. The Morgan fingerprint density at radius 3 is 1.31 bits per heavy atom. The molecule has 0 fully saturated rings. The van der Waals surface area contributed by atoms with Crippen molar-refractivity contribution in [1.82, 2.24) is 0 Å². The number of hydrogen-bond acceptors (Lipinski definition) is 1. The van der Waals surface area contributed by atoms with E-state index in [0.717, 1.165) is 38.6 Å². The Hall–Kier alpha value is -5.92. The molecule has 8 aromatic carbocycles. The summed E-state index contributed by atoms with van der Waals surface area (Å²) in [6.07, 6.45) is 0. The molecule has 0 atom stereocenters. The lowest BCUT2D eigenvalue weighted by Gasteiger charge is -2.18. The first-order valence-electron chi connectivity index (χ1n) is 20.9. The SMILES string of the molecule is [2H]c1c([2H])c([2H])c(-c2c3c([2H])c([2H])c([2H])c([2H])c3c(-c3ccc(-c4cccc5c4oc4c(-c6ccccc6)cccc45)cc3)c3c([2H])c([2H])c([2H])c([2H])c23)c([2H])c1[2H].